The first-order chi connectivity index (χ1) is 13.7. The van der Waals surface area contributed by atoms with Gasteiger partial charge in [0.15, 0.2) is 5.78 Å². The number of methoxy groups -OCH3 is 1. The molecular weight excluding hydrogens is 364 g/mol. The van der Waals surface area contributed by atoms with Crippen molar-refractivity contribution in [1.82, 2.24) is 5.32 Å². The summed E-state index contributed by atoms with van der Waals surface area (Å²) >= 11 is 0. The molecule has 1 aliphatic rings. The second kappa shape index (κ2) is 8.11. The summed E-state index contributed by atoms with van der Waals surface area (Å²) in [6, 6.07) is 12.9. The number of amides is 1. The zero-order chi connectivity index (χ0) is 21.2. The Morgan fingerprint density at radius 1 is 1.14 bits per heavy atom. The van der Waals surface area contributed by atoms with Crippen LogP contribution in [0.2, 0.25) is 0 Å². The molecule has 0 radical (unpaired) electrons. The van der Waals surface area contributed by atoms with Crippen molar-refractivity contribution >= 4 is 23.1 Å². The van der Waals surface area contributed by atoms with E-state index in [1.165, 1.54) is 5.56 Å². The highest BCUT2D eigenvalue weighted by atomic mass is 16.5. The smallest absolute Gasteiger partial charge is 0.226 e. The maximum Gasteiger partial charge on any atom is 0.226 e. The SMILES string of the molecule is COc1ccc2c(c1)C(=CC(=O)c1ccc(NC(=O)C(C)C)cc1)NC(C)(C)C2. The number of rotatable bonds is 5. The molecule has 2 aromatic rings. The van der Waals surface area contributed by atoms with Gasteiger partial charge in [-0.3, -0.25) is 9.59 Å². The highest BCUT2D eigenvalue weighted by Crippen LogP contribution is 2.32. The molecule has 0 aliphatic carbocycles. The second-order valence-corrected chi connectivity index (χ2v) is 8.35. The third-order valence-electron chi connectivity index (χ3n) is 4.95. The lowest BCUT2D eigenvalue weighted by atomic mass is 9.85. The average Bonchev–Trinajstić information content (AvgIpc) is 2.67. The quantitative estimate of drug-likeness (QED) is 0.583. The fourth-order valence-corrected chi connectivity index (χ4v) is 3.37. The van der Waals surface area contributed by atoms with Gasteiger partial charge in [0.2, 0.25) is 5.91 Å². The average molecular weight is 392 g/mol. The van der Waals surface area contributed by atoms with Crippen LogP contribution in [-0.2, 0) is 11.2 Å². The fraction of sp³-hybridized carbons (Fsp3) is 0.333. The lowest BCUT2D eigenvalue weighted by Crippen LogP contribution is -2.43. The van der Waals surface area contributed by atoms with E-state index < -0.39 is 0 Å². The summed E-state index contributed by atoms with van der Waals surface area (Å²) in [6.45, 7) is 7.91. The molecule has 0 atom stereocenters. The predicted octanol–water partition coefficient (Wildman–Crippen LogP) is 4.44. The standard InChI is InChI=1S/C24H28N2O3/c1-15(2)23(28)25-18-9-6-16(7-10-18)22(27)13-21-20-12-19(29-5)11-8-17(20)14-24(3,4)26-21/h6-13,15,26H,14H2,1-5H3,(H,25,28). The minimum Gasteiger partial charge on any atom is -0.497 e. The first-order valence-electron chi connectivity index (χ1n) is 9.81. The number of nitrogens with one attached hydrogen (secondary N) is 2. The van der Waals surface area contributed by atoms with Gasteiger partial charge in [-0.25, -0.2) is 0 Å². The molecule has 29 heavy (non-hydrogen) atoms. The molecule has 0 fully saturated rings. The van der Waals surface area contributed by atoms with Gasteiger partial charge in [-0.1, -0.05) is 19.9 Å². The minimum atomic E-state index is -0.154. The number of ketones is 1. The van der Waals surface area contributed by atoms with Crippen LogP contribution in [0.4, 0.5) is 5.69 Å². The number of anilines is 1. The number of carbonyl (C=O) groups is 2. The van der Waals surface area contributed by atoms with Gasteiger partial charge in [0.25, 0.3) is 0 Å². The summed E-state index contributed by atoms with van der Waals surface area (Å²) in [7, 11) is 1.64. The van der Waals surface area contributed by atoms with Crippen LogP contribution in [0.15, 0.2) is 48.5 Å². The summed E-state index contributed by atoms with van der Waals surface area (Å²) < 4.78 is 5.36. The molecule has 0 aromatic heterocycles. The van der Waals surface area contributed by atoms with Gasteiger partial charge in [0.1, 0.15) is 5.75 Å². The Labute approximate surface area is 172 Å². The molecule has 5 heteroatoms. The molecule has 0 saturated heterocycles. The van der Waals surface area contributed by atoms with Gasteiger partial charge >= 0.3 is 0 Å². The van der Waals surface area contributed by atoms with E-state index in [1.54, 1.807) is 37.5 Å². The van der Waals surface area contributed by atoms with E-state index in [2.05, 4.69) is 30.5 Å². The Balaban J connectivity index is 1.87. The maximum absolute atomic E-state index is 12.9. The van der Waals surface area contributed by atoms with Crippen LogP contribution in [0.25, 0.3) is 5.70 Å². The van der Waals surface area contributed by atoms with Crippen molar-refractivity contribution in [2.24, 2.45) is 5.92 Å². The fourth-order valence-electron chi connectivity index (χ4n) is 3.37. The lowest BCUT2D eigenvalue weighted by Gasteiger charge is -2.35. The Morgan fingerprint density at radius 3 is 2.45 bits per heavy atom. The highest BCUT2D eigenvalue weighted by molar-refractivity contribution is 6.09. The maximum atomic E-state index is 12.9. The number of fused-ring (bicyclic) bond motifs is 1. The molecule has 152 valence electrons. The lowest BCUT2D eigenvalue weighted by molar-refractivity contribution is -0.118. The summed E-state index contributed by atoms with van der Waals surface area (Å²) in [5, 5.41) is 6.31. The minimum absolute atomic E-state index is 0.0506. The molecule has 0 bridgehead atoms. The molecule has 3 rings (SSSR count). The summed E-state index contributed by atoms with van der Waals surface area (Å²) in [4.78, 5) is 24.7. The van der Waals surface area contributed by atoms with Crippen LogP contribution in [0, 0.1) is 5.92 Å². The normalized spacial score (nSPS) is 16.1. The van der Waals surface area contributed by atoms with Crippen molar-refractivity contribution in [2.75, 3.05) is 12.4 Å². The number of benzene rings is 2. The van der Waals surface area contributed by atoms with E-state index >= 15 is 0 Å². The highest BCUT2D eigenvalue weighted by Gasteiger charge is 2.28. The third-order valence-corrected chi connectivity index (χ3v) is 4.95. The second-order valence-electron chi connectivity index (χ2n) is 8.35. The van der Waals surface area contributed by atoms with Crippen LogP contribution in [0.5, 0.6) is 5.75 Å². The van der Waals surface area contributed by atoms with Crippen LogP contribution in [0.1, 0.15) is 49.2 Å². The van der Waals surface area contributed by atoms with Crippen LogP contribution in [0.3, 0.4) is 0 Å². The molecule has 2 N–H and O–H groups in total. The first-order valence-corrected chi connectivity index (χ1v) is 9.81. The topological polar surface area (TPSA) is 67.4 Å². The number of hydrogen-bond donors (Lipinski definition) is 2. The first kappa shape index (κ1) is 20.6. The molecule has 0 saturated carbocycles. The van der Waals surface area contributed by atoms with E-state index in [-0.39, 0.29) is 23.1 Å². The number of hydrogen-bond acceptors (Lipinski definition) is 4. The van der Waals surface area contributed by atoms with Gasteiger partial charge < -0.3 is 15.4 Å². The molecule has 0 unspecified atom stereocenters. The molecule has 1 amide bonds. The van der Waals surface area contributed by atoms with E-state index in [1.807, 2.05) is 26.0 Å². The Hall–Kier alpha value is -3.08. The summed E-state index contributed by atoms with van der Waals surface area (Å²) in [6.07, 6.45) is 2.50. The van der Waals surface area contributed by atoms with Crippen molar-refractivity contribution in [3.8, 4) is 5.75 Å². The van der Waals surface area contributed by atoms with Crippen molar-refractivity contribution < 1.29 is 14.3 Å². The molecule has 1 aliphatic heterocycles. The Morgan fingerprint density at radius 2 is 1.83 bits per heavy atom. The summed E-state index contributed by atoms with van der Waals surface area (Å²) in [5.74, 6) is 0.513. The predicted molar refractivity (Wildman–Crippen MR) is 116 cm³/mol. The van der Waals surface area contributed by atoms with Crippen molar-refractivity contribution in [3.63, 3.8) is 0 Å². The Bertz CT molecular complexity index is 957. The van der Waals surface area contributed by atoms with E-state index in [4.69, 9.17) is 4.74 Å². The Kier molecular flexibility index (Phi) is 5.78. The summed E-state index contributed by atoms with van der Waals surface area (Å²) in [5.41, 5.74) is 4.05. The van der Waals surface area contributed by atoms with E-state index in [0.717, 1.165) is 23.4 Å². The molecular formula is C24H28N2O3. The van der Waals surface area contributed by atoms with Gasteiger partial charge in [-0.2, -0.15) is 0 Å². The number of ether oxygens (including phenoxy) is 1. The number of allylic oxidation sites excluding steroid dienone is 1. The van der Waals surface area contributed by atoms with E-state index in [9.17, 15) is 9.59 Å². The van der Waals surface area contributed by atoms with Gasteiger partial charge in [0.05, 0.1) is 7.11 Å². The zero-order valence-electron chi connectivity index (χ0n) is 17.6. The van der Waals surface area contributed by atoms with Crippen molar-refractivity contribution in [2.45, 2.75) is 39.7 Å². The van der Waals surface area contributed by atoms with Gasteiger partial charge in [-0.05, 0) is 62.2 Å². The van der Waals surface area contributed by atoms with E-state index in [0.29, 0.717) is 11.3 Å². The molecule has 5 nitrogen and oxygen atoms in total. The largest absolute Gasteiger partial charge is 0.497 e. The third kappa shape index (κ3) is 4.86. The van der Waals surface area contributed by atoms with Crippen LogP contribution in [-0.4, -0.2) is 24.3 Å². The monoisotopic (exact) mass is 392 g/mol. The number of carbonyl (C=O) groups excluding carboxylic acids is 2. The van der Waals surface area contributed by atoms with Crippen molar-refractivity contribution in [1.29, 1.82) is 0 Å². The molecule has 2 aromatic carbocycles. The molecule has 1 heterocycles. The van der Waals surface area contributed by atoms with Crippen molar-refractivity contribution in [3.05, 3.63) is 65.2 Å². The van der Waals surface area contributed by atoms with Gasteiger partial charge in [0, 0.05) is 40.0 Å². The van der Waals surface area contributed by atoms with Gasteiger partial charge in [-0.15, -0.1) is 0 Å². The zero-order valence-corrected chi connectivity index (χ0v) is 17.6. The molecule has 0 spiro atoms. The van der Waals surface area contributed by atoms with Crippen LogP contribution < -0.4 is 15.4 Å². The van der Waals surface area contributed by atoms with Crippen LogP contribution >= 0.6 is 0 Å².